The molecule has 5 rings (SSSR count). The van der Waals surface area contributed by atoms with Gasteiger partial charge >= 0.3 is 5.79 Å². The molecule has 2 aliphatic heterocycles. The Hall–Kier alpha value is -3.29. The van der Waals surface area contributed by atoms with E-state index in [0.717, 1.165) is 45.4 Å². The Morgan fingerprint density at radius 1 is 0.943 bits per heavy atom. The largest absolute Gasteiger partial charge is 0.620 e. The summed E-state index contributed by atoms with van der Waals surface area (Å²) in [5.41, 5.74) is 4.56. The summed E-state index contributed by atoms with van der Waals surface area (Å²) in [6.45, 7) is 5.32. The number of para-hydroxylation sites is 1. The molecular formula is C28H30N4O2S. The molecule has 1 atom stereocenters. The van der Waals surface area contributed by atoms with E-state index in [1.165, 1.54) is 0 Å². The van der Waals surface area contributed by atoms with E-state index in [-0.39, 0.29) is 0 Å². The van der Waals surface area contributed by atoms with Crippen molar-refractivity contribution in [1.82, 2.24) is 4.90 Å². The minimum Gasteiger partial charge on any atom is -0.620 e. The Kier molecular flexibility index (Phi) is 6.79. The zero-order valence-corrected chi connectivity index (χ0v) is 20.9. The van der Waals surface area contributed by atoms with Crippen molar-refractivity contribution in [2.75, 3.05) is 44.0 Å². The van der Waals surface area contributed by atoms with Crippen LogP contribution >= 0.6 is 11.8 Å². The maximum atomic E-state index is 14.5. The van der Waals surface area contributed by atoms with Gasteiger partial charge in [-0.2, -0.15) is 9.73 Å². The van der Waals surface area contributed by atoms with Gasteiger partial charge in [0.2, 0.25) is 5.71 Å². The number of aryl methyl sites for hydroxylation is 1. The second-order valence-electron chi connectivity index (χ2n) is 8.73. The fraction of sp³-hybridized carbons (Fsp3) is 0.286. The molecule has 180 valence electrons. The predicted octanol–water partition coefficient (Wildman–Crippen LogP) is 4.68. The summed E-state index contributed by atoms with van der Waals surface area (Å²) in [4.78, 5) is 9.67. The van der Waals surface area contributed by atoms with E-state index >= 15 is 0 Å². The highest BCUT2D eigenvalue weighted by Crippen LogP contribution is 2.40. The second-order valence-corrected chi connectivity index (χ2v) is 9.50. The van der Waals surface area contributed by atoms with Crippen LogP contribution in [0.1, 0.15) is 16.7 Å². The Morgan fingerprint density at radius 3 is 2.20 bits per heavy atom. The maximum absolute atomic E-state index is 14.5. The molecule has 3 aromatic carbocycles. The van der Waals surface area contributed by atoms with E-state index in [1.807, 2.05) is 79.1 Å². The van der Waals surface area contributed by atoms with Gasteiger partial charge in [-0.05, 0) is 49.6 Å². The quantitative estimate of drug-likeness (QED) is 0.232. The number of hydrogen-bond acceptors (Lipinski definition) is 5. The highest BCUT2D eigenvalue weighted by Gasteiger charge is 2.55. The van der Waals surface area contributed by atoms with Gasteiger partial charge in [0.15, 0.2) is 5.17 Å². The molecule has 1 unspecified atom stereocenters. The molecule has 0 aliphatic carbocycles. The first kappa shape index (κ1) is 23.5. The number of rotatable bonds is 4. The van der Waals surface area contributed by atoms with Gasteiger partial charge in [-0.25, -0.2) is 0 Å². The van der Waals surface area contributed by atoms with Gasteiger partial charge in [0, 0.05) is 24.3 Å². The summed E-state index contributed by atoms with van der Waals surface area (Å²) >= 11 is 1.57. The minimum absolute atomic E-state index is 0.444. The molecule has 0 amide bonds. The predicted molar refractivity (Wildman–Crippen MR) is 144 cm³/mol. The van der Waals surface area contributed by atoms with Gasteiger partial charge in [-0.15, -0.1) is 0 Å². The van der Waals surface area contributed by atoms with Crippen molar-refractivity contribution in [3.8, 4) is 0 Å². The van der Waals surface area contributed by atoms with E-state index in [2.05, 4.69) is 28.9 Å². The zero-order chi connectivity index (χ0) is 24.3. The van der Waals surface area contributed by atoms with Crippen molar-refractivity contribution in [2.24, 2.45) is 4.99 Å². The number of morpholine rings is 1. The molecule has 0 spiro atoms. The zero-order valence-electron chi connectivity index (χ0n) is 20.1. The van der Waals surface area contributed by atoms with Crippen molar-refractivity contribution in [3.05, 3.63) is 107 Å². The standard InChI is InChI=1S/C28H30N4O2S/c1-22-13-15-23(16-14-22)26-21-31(25-11-7-4-8-12-25)28(32(26)33,24-9-5-3-6-10-24)29-27(35-2)30-17-19-34-20-18-30/h3-16H,17-21H2,1-2H3/b29-27+. The van der Waals surface area contributed by atoms with Crippen LogP contribution in [0, 0.1) is 12.1 Å². The van der Waals surface area contributed by atoms with Crippen molar-refractivity contribution in [2.45, 2.75) is 12.7 Å². The maximum Gasteiger partial charge on any atom is 0.379 e. The van der Waals surface area contributed by atoms with Crippen molar-refractivity contribution in [1.29, 1.82) is 0 Å². The Bertz CT molecular complexity index is 1210. The Morgan fingerprint density at radius 2 is 1.57 bits per heavy atom. The fourth-order valence-corrected chi connectivity index (χ4v) is 5.35. The summed E-state index contributed by atoms with van der Waals surface area (Å²) in [5, 5.41) is 15.3. The van der Waals surface area contributed by atoms with E-state index in [4.69, 9.17) is 9.73 Å². The number of anilines is 1. The first-order valence-electron chi connectivity index (χ1n) is 11.9. The third kappa shape index (κ3) is 4.42. The molecule has 7 heteroatoms. The van der Waals surface area contributed by atoms with Crippen LogP contribution in [0.4, 0.5) is 5.69 Å². The smallest absolute Gasteiger partial charge is 0.379 e. The third-order valence-electron chi connectivity index (χ3n) is 6.54. The molecule has 6 nitrogen and oxygen atoms in total. The van der Waals surface area contributed by atoms with Crippen LogP contribution in [0.2, 0.25) is 0 Å². The summed E-state index contributed by atoms with van der Waals surface area (Å²) in [7, 11) is 0. The number of amidine groups is 1. The highest BCUT2D eigenvalue weighted by molar-refractivity contribution is 8.13. The lowest BCUT2D eigenvalue weighted by Gasteiger charge is -2.36. The average Bonchev–Trinajstić information content (AvgIpc) is 3.22. The molecule has 0 radical (unpaired) electrons. The number of ether oxygens (including phenoxy) is 1. The van der Waals surface area contributed by atoms with Crippen LogP contribution in [0.3, 0.4) is 0 Å². The molecule has 2 aliphatic rings. The normalized spacial score (nSPS) is 21.0. The summed E-state index contributed by atoms with van der Waals surface area (Å²) in [6.07, 6.45) is 2.02. The Labute approximate surface area is 211 Å². The number of hydroxylamine groups is 1. The molecule has 1 saturated heterocycles. The number of aliphatic imine (C=N–C) groups is 1. The van der Waals surface area contributed by atoms with E-state index in [0.29, 0.717) is 25.5 Å². The molecule has 2 heterocycles. The van der Waals surface area contributed by atoms with Crippen LogP contribution in [0.5, 0.6) is 0 Å². The number of benzene rings is 3. The molecule has 1 fully saturated rings. The van der Waals surface area contributed by atoms with Gasteiger partial charge in [0.05, 0.1) is 18.8 Å². The summed E-state index contributed by atoms with van der Waals surface area (Å²) in [5.74, 6) is -1.28. The lowest BCUT2D eigenvalue weighted by Crippen LogP contribution is -2.49. The highest BCUT2D eigenvalue weighted by atomic mass is 32.2. The number of thioether (sulfide) groups is 1. The van der Waals surface area contributed by atoms with Gasteiger partial charge in [-0.3, -0.25) is 4.90 Å². The molecule has 0 aromatic heterocycles. The van der Waals surface area contributed by atoms with Crippen molar-refractivity contribution >= 4 is 28.3 Å². The second kappa shape index (κ2) is 10.1. The van der Waals surface area contributed by atoms with Crippen LogP contribution in [0.15, 0.2) is 89.9 Å². The van der Waals surface area contributed by atoms with Gasteiger partial charge in [0.25, 0.3) is 0 Å². The van der Waals surface area contributed by atoms with Gasteiger partial charge in [-0.1, -0.05) is 65.9 Å². The van der Waals surface area contributed by atoms with Crippen LogP contribution in [-0.2, 0) is 10.5 Å². The Balaban J connectivity index is 1.76. The SMILES string of the molecule is CS/C(=N/C1(c2ccccc2)N(c2ccccc2)CC(c2ccc(C)cc2)=[N+]1[O-])N1CCOCC1. The minimum atomic E-state index is -1.28. The molecule has 0 N–H and O–H groups in total. The van der Waals surface area contributed by atoms with Gasteiger partial charge in [0.1, 0.15) is 6.54 Å². The first-order valence-corrected chi connectivity index (χ1v) is 13.1. The van der Waals surface area contributed by atoms with Crippen molar-refractivity contribution in [3.63, 3.8) is 0 Å². The van der Waals surface area contributed by atoms with Gasteiger partial charge < -0.3 is 14.8 Å². The third-order valence-corrected chi connectivity index (χ3v) is 7.26. The number of hydrogen-bond donors (Lipinski definition) is 0. The van der Waals surface area contributed by atoms with E-state index in [9.17, 15) is 5.21 Å². The van der Waals surface area contributed by atoms with Crippen LogP contribution in [0.25, 0.3) is 0 Å². The lowest BCUT2D eigenvalue weighted by molar-refractivity contribution is -0.547. The molecule has 0 saturated carbocycles. The molecule has 35 heavy (non-hydrogen) atoms. The first-order chi connectivity index (χ1) is 17.1. The molecule has 0 bridgehead atoms. The molecule has 3 aromatic rings. The number of nitrogens with zero attached hydrogens (tertiary/aromatic N) is 4. The average molecular weight is 487 g/mol. The lowest BCUT2D eigenvalue weighted by atomic mass is 10.1. The topological polar surface area (TPSA) is 54.1 Å². The van der Waals surface area contributed by atoms with E-state index < -0.39 is 5.79 Å². The molecular weight excluding hydrogens is 456 g/mol. The fourth-order valence-electron chi connectivity index (χ4n) is 4.69. The monoisotopic (exact) mass is 486 g/mol. The summed E-state index contributed by atoms with van der Waals surface area (Å²) < 4.78 is 6.70. The van der Waals surface area contributed by atoms with Crippen molar-refractivity contribution < 1.29 is 9.48 Å². The summed E-state index contributed by atoms with van der Waals surface area (Å²) in [6, 6.07) is 28.2. The van der Waals surface area contributed by atoms with Crippen LogP contribution < -0.4 is 4.90 Å². The van der Waals surface area contributed by atoms with Crippen LogP contribution in [-0.4, -0.2) is 59.6 Å². The van der Waals surface area contributed by atoms with E-state index in [1.54, 1.807) is 11.8 Å².